The molecule has 0 aliphatic heterocycles. The second-order valence-corrected chi connectivity index (χ2v) is 11.1. The molecule has 230 valence electrons. The Kier molecular flexibility index (Phi) is 13.7. The van der Waals surface area contributed by atoms with Crippen LogP contribution < -0.4 is 9.47 Å². The summed E-state index contributed by atoms with van der Waals surface area (Å²) in [4.78, 5) is 0. The van der Waals surface area contributed by atoms with Gasteiger partial charge in [0.05, 0.1) is 11.1 Å². The molecule has 6 heteroatoms. The van der Waals surface area contributed by atoms with E-state index >= 15 is 0 Å². The molecule has 0 bridgehead atoms. The molecular weight excluding hydrogens is 540 g/mol. The highest BCUT2D eigenvalue weighted by Crippen LogP contribution is 2.36. The maximum atomic E-state index is 14.8. The average molecular weight is 587 g/mol. The van der Waals surface area contributed by atoms with Crippen molar-refractivity contribution in [2.45, 2.75) is 116 Å². The maximum absolute atomic E-state index is 14.8. The van der Waals surface area contributed by atoms with Crippen LogP contribution in [0.1, 0.15) is 113 Å². The summed E-state index contributed by atoms with van der Waals surface area (Å²) in [7, 11) is 0. The summed E-state index contributed by atoms with van der Waals surface area (Å²) in [5.74, 6) is 0.0359. The lowest BCUT2D eigenvalue weighted by Gasteiger charge is -2.21. The summed E-state index contributed by atoms with van der Waals surface area (Å²) < 4.78 is 69.2. The second kappa shape index (κ2) is 17.2. The first-order valence-corrected chi connectivity index (χ1v) is 15.7. The van der Waals surface area contributed by atoms with Crippen molar-refractivity contribution in [2.24, 2.45) is 0 Å². The molecule has 2 nitrogen and oxygen atoms in total. The van der Waals surface area contributed by atoms with Crippen molar-refractivity contribution < 1.29 is 27.0 Å². The van der Waals surface area contributed by atoms with E-state index in [0.717, 1.165) is 73.9 Å². The Morgan fingerprint density at radius 2 is 0.738 bits per heavy atom. The first-order valence-electron chi connectivity index (χ1n) is 15.7. The minimum atomic E-state index is -3.68. The van der Waals surface area contributed by atoms with E-state index in [-0.39, 0.29) is 11.5 Å². The average Bonchev–Trinajstić information content (AvgIpc) is 2.98. The van der Waals surface area contributed by atoms with Crippen molar-refractivity contribution in [3.8, 4) is 11.5 Å². The van der Waals surface area contributed by atoms with E-state index in [1.54, 1.807) is 24.3 Å². The lowest BCUT2D eigenvalue weighted by molar-refractivity contribution is -0.188. The Bertz CT molecular complexity index is 1050. The lowest BCUT2D eigenvalue weighted by atomic mass is 10.0. The van der Waals surface area contributed by atoms with Gasteiger partial charge in [-0.15, -0.1) is 0 Å². The van der Waals surface area contributed by atoms with Gasteiger partial charge in [0, 0.05) is 0 Å². The first kappa shape index (κ1) is 33.5. The standard InChI is InChI=1S/C36H46F4O2/c1-3-5-7-9-11-13-15-29-17-25-33(26-18-29)41-35(37,38)31-21-23-32(24-22-31)36(39,40)42-34-27-19-30(20-28-34)16-14-12-10-8-6-4-2/h17-28H,3-16H2,1-2H3. The number of alkyl halides is 4. The number of ether oxygens (including phenoxy) is 2. The Hall–Kier alpha value is -3.02. The second-order valence-electron chi connectivity index (χ2n) is 11.1. The maximum Gasteiger partial charge on any atom is 0.426 e. The van der Waals surface area contributed by atoms with E-state index in [9.17, 15) is 17.6 Å². The summed E-state index contributed by atoms with van der Waals surface area (Å²) in [6, 6.07) is 17.0. The Balaban J connectivity index is 1.49. The Morgan fingerprint density at radius 3 is 1.07 bits per heavy atom. The lowest BCUT2D eigenvalue weighted by Crippen LogP contribution is -2.24. The highest BCUT2D eigenvalue weighted by molar-refractivity contribution is 5.32. The molecule has 3 aromatic carbocycles. The van der Waals surface area contributed by atoms with Crippen molar-refractivity contribution in [1.82, 2.24) is 0 Å². The summed E-state index contributed by atoms with van der Waals surface area (Å²) >= 11 is 0. The van der Waals surface area contributed by atoms with Gasteiger partial charge in [-0.3, -0.25) is 0 Å². The predicted molar refractivity (Wildman–Crippen MR) is 163 cm³/mol. The SMILES string of the molecule is CCCCCCCCc1ccc(OC(F)(F)c2ccc(C(F)(F)Oc3ccc(CCCCCCCC)cc3)cc2)cc1. The molecule has 0 fully saturated rings. The Labute approximate surface area is 249 Å². The summed E-state index contributed by atoms with van der Waals surface area (Å²) in [5, 5.41) is 0. The van der Waals surface area contributed by atoms with Crippen molar-refractivity contribution in [3.05, 3.63) is 95.1 Å². The number of hydrogen-bond acceptors (Lipinski definition) is 2. The van der Waals surface area contributed by atoms with Gasteiger partial charge in [0.2, 0.25) is 0 Å². The highest BCUT2D eigenvalue weighted by atomic mass is 19.3. The molecule has 0 atom stereocenters. The molecular formula is C36H46F4O2. The third-order valence-electron chi connectivity index (χ3n) is 7.53. The van der Waals surface area contributed by atoms with Gasteiger partial charge in [-0.1, -0.05) is 102 Å². The van der Waals surface area contributed by atoms with Gasteiger partial charge in [-0.05, 0) is 85.3 Å². The molecule has 0 aliphatic rings. The number of unbranched alkanes of at least 4 members (excludes halogenated alkanes) is 10. The zero-order chi connectivity index (χ0) is 30.3. The van der Waals surface area contributed by atoms with Crippen LogP contribution in [0, 0.1) is 0 Å². The molecule has 0 heterocycles. The minimum Gasteiger partial charge on any atom is -0.429 e. The fourth-order valence-electron chi connectivity index (χ4n) is 4.94. The van der Waals surface area contributed by atoms with Crippen molar-refractivity contribution >= 4 is 0 Å². The van der Waals surface area contributed by atoms with Gasteiger partial charge >= 0.3 is 12.2 Å². The normalized spacial score (nSPS) is 12.0. The molecule has 42 heavy (non-hydrogen) atoms. The molecule has 3 rings (SSSR count). The molecule has 0 saturated heterocycles. The Morgan fingerprint density at radius 1 is 0.429 bits per heavy atom. The van der Waals surface area contributed by atoms with Gasteiger partial charge in [0.25, 0.3) is 0 Å². The molecule has 0 amide bonds. The first-order chi connectivity index (χ1) is 20.2. The van der Waals surface area contributed by atoms with E-state index < -0.39 is 23.3 Å². The summed E-state index contributed by atoms with van der Waals surface area (Å²) in [6.45, 7) is 4.38. The fourth-order valence-corrected chi connectivity index (χ4v) is 4.94. The van der Waals surface area contributed by atoms with Crippen molar-refractivity contribution in [2.75, 3.05) is 0 Å². The van der Waals surface area contributed by atoms with Gasteiger partial charge in [-0.2, -0.15) is 17.6 Å². The number of aryl methyl sites for hydroxylation is 2. The van der Waals surface area contributed by atoms with Gasteiger partial charge < -0.3 is 9.47 Å². The van der Waals surface area contributed by atoms with Crippen LogP contribution in [-0.4, -0.2) is 0 Å². The third-order valence-corrected chi connectivity index (χ3v) is 7.53. The molecule has 0 aliphatic carbocycles. The highest BCUT2D eigenvalue weighted by Gasteiger charge is 2.38. The van der Waals surface area contributed by atoms with Gasteiger partial charge in [0.1, 0.15) is 11.5 Å². The molecule has 3 aromatic rings. The zero-order valence-electron chi connectivity index (χ0n) is 25.2. The molecule has 0 spiro atoms. The van der Waals surface area contributed by atoms with E-state index in [1.807, 2.05) is 0 Å². The number of hydrogen-bond donors (Lipinski definition) is 0. The van der Waals surface area contributed by atoms with Gasteiger partial charge in [-0.25, -0.2) is 0 Å². The molecule has 0 radical (unpaired) electrons. The van der Waals surface area contributed by atoms with Crippen LogP contribution in [0.25, 0.3) is 0 Å². The minimum absolute atomic E-state index is 0.0179. The molecule has 0 saturated carbocycles. The van der Waals surface area contributed by atoms with E-state index in [2.05, 4.69) is 13.8 Å². The van der Waals surface area contributed by atoms with E-state index in [4.69, 9.17) is 9.47 Å². The smallest absolute Gasteiger partial charge is 0.426 e. The third kappa shape index (κ3) is 11.3. The van der Waals surface area contributed by atoms with Crippen molar-refractivity contribution in [1.29, 1.82) is 0 Å². The number of halogens is 4. The largest absolute Gasteiger partial charge is 0.429 e. The van der Waals surface area contributed by atoms with Crippen LogP contribution >= 0.6 is 0 Å². The van der Waals surface area contributed by atoms with Crippen LogP contribution in [0.15, 0.2) is 72.8 Å². The summed E-state index contributed by atoms with van der Waals surface area (Å²) in [5.41, 5.74) is 1.11. The van der Waals surface area contributed by atoms with Crippen molar-refractivity contribution in [3.63, 3.8) is 0 Å². The quantitative estimate of drug-likeness (QED) is 0.0968. The molecule has 0 unspecified atom stereocenters. The predicted octanol–water partition coefficient (Wildman–Crippen LogP) is 11.7. The van der Waals surface area contributed by atoms with Crippen LogP contribution in [0.4, 0.5) is 17.6 Å². The monoisotopic (exact) mass is 586 g/mol. The van der Waals surface area contributed by atoms with E-state index in [0.29, 0.717) is 0 Å². The molecule has 0 aromatic heterocycles. The number of rotatable bonds is 20. The van der Waals surface area contributed by atoms with E-state index in [1.165, 1.54) is 75.6 Å². The summed E-state index contributed by atoms with van der Waals surface area (Å²) in [6.07, 6.45) is 8.72. The van der Waals surface area contributed by atoms with Crippen LogP contribution in [0.2, 0.25) is 0 Å². The van der Waals surface area contributed by atoms with Crippen LogP contribution in [0.5, 0.6) is 11.5 Å². The number of benzene rings is 3. The zero-order valence-corrected chi connectivity index (χ0v) is 25.2. The van der Waals surface area contributed by atoms with Crippen LogP contribution in [0.3, 0.4) is 0 Å². The van der Waals surface area contributed by atoms with Gasteiger partial charge in [0.15, 0.2) is 0 Å². The fraction of sp³-hybridized carbons (Fsp3) is 0.500. The topological polar surface area (TPSA) is 18.5 Å². The molecule has 0 N–H and O–H groups in total. The van der Waals surface area contributed by atoms with Crippen LogP contribution in [-0.2, 0) is 25.1 Å².